The molecular formula is C17H20N2O4S2. The maximum absolute atomic E-state index is 12.3. The first-order valence-corrected chi connectivity index (χ1v) is 9.67. The Balaban J connectivity index is 1.97. The van der Waals surface area contributed by atoms with Gasteiger partial charge in [0, 0.05) is 4.90 Å². The van der Waals surface area contributed by atoms with Gasteiger partial charge < -0.3 is 15.2 Å². The van der Waals surface area contributed by atoms with Crippen molar-refractivity contribution in [3.63, 3.8) is 0 Å². The molecule has 1 amide bonds. The van der Waals surface area contributed by atoms with Gasteiger partial charge in [0.1, 0.15) is 15.6 Å². The monoisotopic (exact) mass is 380 g/mol. The molecule has 1 aromatic heterocycles. The van der Waals surface area contributed by atoms with Crippen molar-refractivity contribution in [1.29, 1.82) is 0 Å². The number of thioether (sulfide) groups is 1. The minimum absolute atomic E-state index is 0.189. The maximum Gasteiger partial charge on any atom is 0.347 e. The molecule has 0 fully saturated rings. The number of aromatic nitrogens is 1. The lowest BCUT2D eigenvalue weighted by Crippen LogP contribution is -2.37. The summed E-state index contributed by atoms with van der Waals surface area (Å²) in [5, 5.41) is 12.5. The lowest BCUT2D eigenvalue weighted by Gasteiger charge is -2.17. The topological polar surface area (TPSA) is 88.5 Å². The van der Waals surface area contributed by atoms with Crippen LogP contribution in [0.4, 0.5) is 0 Å². The molecule has 2 rings (SSSR count). The summed E-state index contributed by atoms with van der Waals surface area (Å²) in [7, 11) is 0. The SMILES string of the molecule is CSc1ccc(OC(C)C(=O)NC(C)c2nc(C)c(C(=O)O)s2)cc1. The van der Waals surface area contributed by atoms with Crippen LogP contribution in [0.2, 0.25) is 0 Å². The summed E-state index contributed by atoms with van der Waals surface area (Å²) in [6.45, 7) is 5.07. The molecule has 1 aromatic carbocycles. The van der Waals surface area contributed by atoms with Crippen LogP contribution in [0.5, 0.6) is 5.75 Å². The molecule has 25 heavy (non-hydrogen) atoms. The van der Waals surface area contributed by atoms with Crippen LogP contribution < -0.4 is 10.1 Å². The summed E-state index contributed by atoms with van der Waals surface area (Å²) in [6, 6.07) is 7.11. The lowest BCUT2D eigenvalue weighted by molar-refractivity contribution is -0.127. The second-order valence-electron chi connectivity index (χ2n) is 5.44. The normalized spacial score (nSPS) is 13.1. The molecule has 0 aliphatic heterocycles. The number of benzene rings is 1. The van der Waals surface area contributed by atoms with Crippen LogP contribution in [0, 0.1) is 6.92 Å². The Bertz CT molecular complexity index is 759. The van der Waals surface area contributed by atoms with E-state index < -0.39 is 18.1 Å². The number of carboxylic acids is 1. The first-order chi connectivity index (χ1) is 11.8. The number of hydrogen-bond acceptors (Lipinski definition) is 6. The van der Waals surface area contributed by atoms with Crippen LogP contribution in [0.15, 0.2) is 29.2 Å². The van der Waals surface area contributed by atoms with Crippen LogP contribution in [0.25, 0.3) is 0 Å². The van der Waals surface area contributed by atoms with Gasteiger partial charge in [-0.15, -0.1) is 23.1 Å². The predicted octanol–water partition coefficient (Wildman–Crippen LogP) is 3.52. The van der Waals surface area contributed by atoms with Gasteiger partial charge in [0.15, 0.2) is 6.10 Å². The third-order valence-corrected chi connectivity index (χ3v) is 5.55. The minimum atomic E-state index is -1.01. The number of carbonyl (C=O) groups is 2. The molecule has 8 heteroatoms. The highest BCUT2D eigenvalue weighted by molar-refractivity contribution is 7.98. The number of aryl methyl sites for hydroxylation is 1. The highest BCUT2D eigenvalue weighted by Crippen LogP contribution is 2.24. The average Bonchev–Trinajstić information content (AvgIpc) is 2.97. The van der Waals surface area contributed by atoms with Crippen molar-refractivity contribution in [2.45, 2.75) is 37.8 Å². The van der Waals surface area contributed by atoms with E-state index in [4.69, 9.17) is 9.84 Å². The first-order valence-electron chi connectivity index (χ1n) is 7.63. The number of carbonyl (C=O) groups excluding carboxylic acids is 1. The van der Waals surface area contributed by atoms with Gasteiger partial charge in [-0.1, -0.05) is 0 Å². The summed E-state index contributed by atoms with van der Waals surface area (Å²) in [4.78, 5) is 28.9. The smallest absolute Gasteiger partial charge is 0.347 e. The Morgan fingerprint density at radius 1 is 1.28 bits per heavy atom. The number of nitrogens with zero attached hydrogens (tertiary/aromatic N) is 1. The Morgan fingerprint density at radius 3 is 2.44 bits per heavy atom. The van der Waals surface area contributed by atoms with Crippen molar-refractivity contribution in [2.75, 3.05) is 6.26 Å². The van der Waals surface area contributed by atoms with Gasteiger partial charge in [0.2, 0.25) is 0 Å². The van der Waals surface area contributed by atoms with Gasteiger partial charge in [0.25, 0.3) is 5.91 Å². The van der Waals surface area contributed by atoms with E-state index in [1.165, 1.54) is 0 Å². The lowest BCUT2D eigenvalue weighted by atomic mass is 10.3. The zero-order valence-electron chi connectivity index (χ0n) is 14.4. The van der Waals surface area contributed by atoms with E-state index in [9.17, 15) is 9.59 Å². The molecule has 0 saturated heterocycles. The van der Waals surface area contributed by atoms with Crippen molar-refractivity contribution in [3.8, 4) is 5.75 Å². The number of nitrogens with one attached hydrogen (secondary N) is 1. The van der Waals surface area contributed by atoms with Crippen molar-refractivity contribution < 1.29 is 19.4 Å². The van der Waals surface area contributed by atoms with Gasteiger partial charge in [-0.2, -0.15) is 0 Å². The molecule has 0 saturated carbocycles. The van der Waals surface area contributed by atoms with E-state index in [1.54, 1.807) is 32.5 Å². The number of ether oxygens (including phenoxy) is 1. The number of thiazole rings is 1. The molecule has 0 radical (unpaired) electrons. The van der Waals surface area contributed by atoms with Gasteiger partial charge in [-0.3, -0.25) is 4.79 Å². The minimum Gasteiger partial charge on any atom is -0.481 e. The van der Waals surface area contributed by atoms with E-state index >= 15 is 0 Å². The number of amides is 1. The zero-order valence-corrected chi connectivity index (χ0v) is 16.0. The highest BCUT2D eigenvalue weighted by atomic mass is 32.2. The second-order valence-corrected chi connectivity index (χ2v) is 7.35. The summed E-state index contributed by atoms with van der Waals surface area (Å²) < 4.78 is 5.65. The van der Waals surface area contributed by atoms with E-state index in [0.29, 0.717) is 16.5 Å². The van der Waals surface area contributed by atoms with Crippen molar-refractivity contribution in [2.24, 2.45) is 0 Å². The summed E-state index contributed by atoms with van der Waals surface area (Å²) in [6.07, 6.45) is 1.31. The van der Waals surface area contributed by atoms with Crippen LogP contribution in [-0.2, 0) is 4.79 Å². The maximum atomic E-state index is 12.3. The van der Waals surface area contributed by atoms with Crippen LogP contribution in [0.3, 0.4) is 0 Å². The van der Waals surface area contributed by atoms with Crippen molar-refractivity contribution in [1.82, 2.24) is 10.3 Å². The van der Waals surface area contributed by atoms with Gasteiger partial charge in [0.05, 0.1) is 11.7 Å². The van der Waals surface area contributed by atoms with E-state index in [-0.39, 0.29) is 10.8 Å². The molecule has 2 N–H and O–H groups in total. The predicted molar refractivity (Wildman–Crippen MR) is 98.7 cm³/mol. The average molecular weight is 380 g/mol. The van der Waals surface area contributed by atoms with E-state index in [0.717, 1.165) is 16.2 Å². The molecular weight excluding hydrogens is 360 g/mol. The molecule has 2 aromatic rings. The molecule has 0 aliphatic carbocycles. The number of rotatable bonds is 7. The fourth-order valence-electron chi connectivity index (χ4n) is 2.11. The largest absolute Gasteiger partial charge is 0.481 e. The third-order valence-electron chi connectivity index (χ3n) is 3.48. The van der Waals surface area contributed by atoms with Gasteiger partial charge in [-0.25, -0.2) is 9.78 Å². The Labute approximate surface area is 154 Å². The van der Waals surface area contributed by atoms with Gasteiger partial charge >= 0.3 is 5.97 Å². The molecule has 0 bridgehead atoms. The third kappa shape index (κ3) is 4.96. The second kappa shape index (κ2) is 8.35. The fraction of sp³-hybridized carbons (Fsp3) is 0.353. The molecule has 1 heterocycles. The highest BCUT2D eigenvalue weighted by Gasteiger charge is 2.22. The Kier molecular flexibility index (Phi) is 6.44. The first kappa shape index (κ1) is 19.3. The molecule has 2 unspecified atom stereocenters. The standard InChI is InChI=1S/C17H20N2O4S2/c1-9-14(17(21)22)25-16(19-9)10(2)18-15(20)11(3)23-12-5-7-13(24-4)8-6-12/h5-8,10-11H,1-4H3,(H,18,20)(H,21,22). The fourth-order valence-corrected chi connectivity index (χ4v) is 3.42. The molecule has 0 spiro atoms. The van der Waals surface area contributed by atoms with Gasteiger partial charge in [-0.05, 0) is 51.3 Å². The number of aromatic carboxylic acids is 1. The molecule has 2 atom stereocenters. The quantitative estimate of drug-likeness (QED) is 0.715. The van der Waals surface area contributed by atoms with Crippen LogP contribution in [-0.4, -0.2) is 34.3 Å². The molecule has 0 aliphatic rings. The van der Waals surface area contributed by atoms with Crippen LogP contribution in [0.1, 0.15) is 40.3 Å². The van der Waals surface area contributed by atoms with Crippen LogP contribution >= 0.6 is 23.1 Å². The number of hydrogen-bond donors (Lipinski definition) is 2. The summed E-state index contributed by atoms with van der Waals surface area (Å²) >= 11 is 2.70. The Hall–Kier alpha value is -2.06. The van der Waals surface area contributed by atoms with Crippen molar-refractivity contribution >= 4 is 35.0 Å². The summed E-state index contributed by atoms with van der Waals surface area (Å²) in [5.41, 5.74) is 0.451. The van der Waals surface area contributed by atoms with E-state index in [1.807, 2.05) is 30.5 Å². The molecule has 134 valence electrons. The summed E-state index contributed by atoms with van der Waals surface area (Å²) in [5.74, 6) is -0.678. The van der Waals surface area contributed by atoms with Crippen molar-refractivity contribution in [3.05, 3.63) is 39.8 Å². The number of carboxylic acid groups (broad SMARTS) is 1. The Morgan fingerprint density at radius 2 is 1.92 bits per heavy atom. The molecule has 6 nitrogen and oxygen atoms in total. The zero-order chi connectivity index (χ0) is 18.6. The van der Waals surface area contributed by atoms with E-state index in [2.05, 4.69) is 10.3 Å².